The Bertz CT molecular complexity index is 546. The number of rotatable bonds is 1. The van der Waals surface area contributed by atoms with Crippen molar-refractivity contribution in [3.8, 4) is 0 Å². The van der Waals surface area contributed by atoms with E-state index < -0.39 is 8.80 Å². The normalized spacial score (nSPS) is 14.1. The average molecular weight is 225 g/mol. The largest absolute Gasteiger partial charge is 0.207 e. The van der Waals surface area contributed by atoms with Gasteiger partial charge in [0.05, 0.1) is 0 Å². The van der Waals surface area contributed by atoms with Crippen LogP contribution in [-0.4, -0.2) is 8.80 Å². The first-order valence-electron chi connectivity index (χ1n) is 5.25. The van der Waals surface area contributed by atoms with Gasteiger partial charge in [0.1, 0.15) is 14.6 Å². The zero-order chi connectivity index (χ0) is 11.0. The van der Waals surface area contributed by atoms with Crippen molar-refractivity contribution >= 4 is 25.2 Å². The Morgan fingerprint density at radius 3 is 2.56 bits per heavy atom. The minimum absolute atomic E-state index is 0.153. The first kappa shape index (κ1) is 9.55. The first-order valence-corrected chi connectivity index (χ1v) is 6.83. The molecule has 0 nitrogen and oxygen atoms in total. The van der Waals surface area contributed by atoms with Gasteiger partial charge in [-0.2, -0.15) is 0 Å². The van der Waals surface area contributed by atoms with E-state index in [1.807, 2.05) is 18.2 Å². The summed E-state index contributed by atoms with van der Waals surface area (Å²) in [5.74, 6) is -0.153. The van der Waals surface area contributed by atoms with E-state index in [-0.39, 0.29) is 5.82 Å². The van der Waals surface area contributed by atoms with Crippen molar-refractivity contribution in [1.29, 1.82) is 0 Å². The van der Waals surface area contributed by atoms with Gasteiger partial charge in [-0.25, -0.2) is 4.39 Å². The van der Waals surface area contributed by atoms with Gasteiger partial charge in [-0.15, -0.1) is 0 Å². The molecule has 77 valence electrons. The Balaban J connectivity index is 2.07. The van der Waals surface area contributed by atoms with Crippen molar-refractivity contribution in [2.75, 3.05) is 0 Å². The predicted octanol–water partition coefficient (Wildman–Crippen LogP) is 2.00. The summed E-state index contributed by atoms with van der Waals surface area (Å²) in [4.78, 5) is 0. The van der Waals surface area contributed by atoms with E-state index >= 15 is 0 Å². The smallest absolute Gasteiger partial charge is 0.147 e. The molecule has 0 spiro atoms. The number of benzene rings is 2. The summed E-state index contributed by atoms with van der Waals surface area (Å²) in [6, 6.07) is 15.5. The van der Waals surface area contributed by atoms with Gasteiger partial charge >= 0.3 is 0 Å². The number of fused-ring (bicyclic) bond motifs is 1. The molecule has 3 rings (SSSR count). The number of hydrogen-bond donors (Lipinski definition) is 0. The molecule has 0 N–H and O–H groups in total. The van der Waals surface area contributed by atoms with Crippen molar-refractivity contribution in [1.82, 2.24) is 0 Å². The van der Waals surface area contributed by atoms with Crippen LogP contribution in [0.25, 0.3) is 6.08 Å². The molecule has 0 atom stereocenters. The lowest BCUT2D eigenvalue weighted by Gasteiger charge is -2.08. The summed E-state index contributed by atoms with van der Waals surface area (Å²) in [6.45, 7) is 0. The lowest BCUT2D eigenvalue weighted by atomic mass is 10.2. The fourth-order valence-electron chi connectivity index (χ4n) is 2.05. The third-order valence-electron chi connectivity index (χ3n) is 2.82. The van der Waals surface area contributed by atoms with Gasteiger partial charge in [0.15, 0.2) is 0 Å². The van der Waals surface area contributed by atoms with Crippen LogP contribution in [0.2, 0.25) is 0 Å². The summed E-state index contributed by atoms with van der Waals surface area (Å²) >= 11 is 0. The zero-order valence-electron chi connectivity index (χ0n) is 8.65. The highest BCUT2D eigenvalue weighted by atomic mass is 28.3. The maximum Gasteiger partial charge on any atom is 0.147 e. The van der Waals surface area contributed by atoms with E-state index in [0.29, 0.717) is 0 Å². The summed E-state index contributed by atoms with van der Waals surface area (Å²) < 4.78 is 13.1. The minimum Gasteiger partial charge on any atom is -0.207 e. The van der Waals surface area contributed by atoms with Crippen molar-refractivity contribution in [2.45, 2.75) is 0 Å². The zero-order valence-corrected chi connectivity index (χ0v) is 9.65. The fraction of sp³-hybridized carbons (Fsp3) is 0. The van der Waals surface area contributed by atoms with Crippen LogP contribution in [0, 0.1) is 5.82 Å². The second kappa shape index (κ2) is 3.72. The van der Waals surface area contributed by atoms with Crippen LogP contribution in [0.5, 0.6) is 0 Å². The van der Waals surface area contributed by atoms with Gasteiger partial charge in [0, 0.05) is 0 Å². The molecule has 16 heavy (non-hydrogen) atoms. The average Bonchev–Trinajstić information content (AvgIpc) is 2.73. The van der Waals surface area contributed by atoms with Crippen LogP contribution >= 0.6 is 0 Å². The SMILES string of the molecule is Fc1ccc2c(c1)C=C[Si]2c1ccccc1. The quantitative estimate of drug-likeness (QED) is 0.651. The van der Waals surface area contributed by atoms with Crippen molar-refractivity contribution in [3.63, 3.8) is 0 Å². The van der Waals surface area contributed by atoms with Crippen LogP contribution < -0.4 is 10.4 Å². The molecule has 2 aromatic carbocycles. The third kappa shape index (κ3) is 1.51. The molecule has 1 aliphatic rings. The molecule has 1 aliphatic heterocycles. The van der Waals surface area contributed by atoms with Gasteiger partial charge in [-0.1, -0.05) is 53.4 Å². The van der Waals surface area contributed by atoms with Crippen LogP contribution in [0.3, 0.4) is 0 Å². The van der Waals surface area contributed by atoms with E-state index in [4.69, 9.17) is 0 Å². The highest BCUT2D eigenvalue weighted by Gasteiger charge is 2.21. The summed E-state index contributed by atoms with van der Waals surface area (Å²) in [6.07, 6.45) is 2.04. The van der Waals surface area contributed by atoms with Gasteiger partial charge in [0.25, 0.3) is 0 Å². The lowest BCUT2D eigenvalue weighted by Crippen LogP contribution is -2.39. The molecule has 0 aromatic heterocycles. The maximum atomic E-state index is 13.1. The molecule has 1 radical (unpaired) electrons. The molecule has 0 bridgehead atoms. The second-order valence-electron chi connectivity index (χ2n) is 3.84. The highest BCUT2D eigenvalue weighted by molar-refractivity contribution is 6.91. The lowest BCUT2D eigenvalue weighted by molar-refractivity contribution is 0.628. The van der Waals surface area contributed by atoms with E-state index in [1.165, 1.54) is 10.4 Å². The van der Waals surface area contributed by atoms with Crippen LogP contribution in [0.1, 0.15) is 5.56 Å². The Kier molecular flexibility index (Phi) is 2.22. The Labute approximate surface area is 95.7 Å². The molecule has 2 aromatic rings. The van der Waals surface area contributed by atoms with Crippen molar-refractivity contribution < 1.29 is 4.39 Å². The Morgan fingerprint density at radius 2 is 1.75 bits per heavy atom. The molecule has 0 saturated carbocycles. The van der Waals surface area contributed by atoms with Crippen molar-refractivity contribution in [3.05, 3.63) is 65.6 Å². The molecule has 0 aliphatic carbocycles. The summed E-state index contributed by atoms with van der Waals surface area (Å²) in [5.41, 5.74) is 3.27. The molecule has 1 heterocycles. The topological polar surface area (TPSA) is 0 Å². The van der Waals surface area contributed by atoms with E-state index in [0.717, 1.165) is 5.56 Å². The van der Waals surface area contributed by atoms with Gasteiger partial charge in [-0.3, -0.25) is 0 Å². The maximum absolute atomic E-state index is 13.1. The number of hydrogen-bond acceptors (Lipinski definition) is 0. The van der Waals surface area contributed by atoms with Gasteiger partial charge in [0.2, 0.25) is 0 Å². The molecule has 2 heteroatoms. The fourth-order valence-corrected chi connectivity index (χ4v) is 4.36. The van der Waals surface area contributed by atoms with Crippen molar-refractivity contribution in [2.24, 2.45) is 0 Å². The van der Waals surface area contributed by atoms with E-state index in [1.54, 1.807) is 12.1 Å². The first-order chi connectivity index (χ1) is 7.84. The molecular formula is C14H10FSi. The molecule has 0 unspecified atom stereocenters. The van der Waals surface area contributed by atoms with Crippen LogP contribution in [-0.2, 0) is 0 Å². The monoisotopic (exact) mass is 225 g/mol. The Morgan fingerprint density at radius 1 is 0.938 bits per heavy atom. The van der Waals surface area contributed by atoms with Gasteiger partial charge in [-0.05, 0) is 22.9 Å². The second-order valence-corrected chi connectivity index (χ2v) is 6.12. The van der Waals surface area contributed by atoms with E-state index in [9.17, 15) is 4.39 Å². The summed E-state index contributed by atoms with van der Waals surface area (Å²) in [5, 5.41) is 2.65. The van der Waals surface area contributed by atoms with E-state index in [2.05, 4.69) is 30.0 Å². The molecule has 0 saturated heterocycles. The molecular weight excluding hydrogens is 215 g/mol. The number of halogens is 1. The third-order valence-corrected chi connectivity index (χ3v) is 5.31. The minimum atomic E-state index is -0.810. The van der Waals surface area contributed by atoms with Crippen LogP contribution in [0.15, 0.2) is 54.2 Å². The Hall–Kier alpha value is -1.67. The standard InChI is InChI=1S/C14H10FSi/c15-12-6-7-14-11(10-12)8-9-16(14)13-4-2-1-3-5-13/h1-10H. The van der Waals surface area contributed by atoms with Gasteiger partial charge < -0.3 is 0 Å². The summed E-state index contributed by atoms with van der Waals surface area (Å²) in [7, 11) is -0.810. The molecule has 0 fully saturated rings. The molecule has 0 amide bonds. The predicted molar refractivity (Wildman–Crippen MR) is 66.9 cm³/mol. The highest BCUT2D eigenvalue weighted by Crippen LogP contribution is 2.12. The van der Waals surface area contributed by atoms with Crippen LogP contribution in [0.4, 0.5) is 4.39 Å².